The Morgan fingerprint density at radius 1 is 1.25 bits per heavy atom. The minimum absolute atomic E-state index is 0.184. The van der Waals surface area contributed by atoms with Crippen molar-refractivity contribution < 1.29 is 21.6 Å². The summed E-state index contributed by atoms with van der Waals surface area (Å²) in [5, 5.41) is 0. The average Bonchev–Trinajstić information content (AvgIpc) is 2.65. The van der Waals surface area contributed by atoms with Crippen LogP contribution < -0.4 is 0 Å². The minimum Gasteiger partial charge on any atom is -0.220 e. The van der Waals surface area contributed by atoms with Crippen molar-refractivity contribution in [2.75, 3.05) is 5.75 Å². The lowest BCUT2D eigenvalue weighted by Crippen LogP contribution is -2.28. The zero-order valence-electron chi connectivity index (χ0n) is 6.00. The molecule has 0 aliphatic heterocycles. The Kier molecular flexibility index (Phi) is 1.37. The van der Waals surface area contributed by atoms with E-state index in [1.165, 1.54) is 0 Å². The third kappa shape index (κ3) is 1.12. The lowest BCUT2D eigenvalue weighted by atomic mass is 10.2. The van der Waals surface area contributed by atoms with Crippen LogP contribution in [0.25, 0.3) is 0 Å². The molecule has 0 aromatic rings. The summed E-state index contributed by atoms with van der Waals surface area (Å²) in [5.74, 6) is -0.285. The Morgan fingerprint density at radius 2 is 1.75 bits per heavy atom. The lowest BCUT2D eigenvalue weighted by molar-refractivity contribution is -0.0437. The molecule has 0 spiro atoms. The highest BCUT2D eigenvalue weighted by molar-refractivity contribution is 7.92. The van der Waals surface area contributed by atoms with E-state index in [-0.39, 0.29) is 5.92 Å². The first-order valence-electron chi connectivity index (χ1n) is 3.62. The van der Waals surface area contributed by atoms with Gasteiger partial charge in [0.2, 0.25) is 9.84 Å². The summed E-state index contributed by atoms with van der Waals surface area (Å²) < 4.78 is 56.4. The van der Waals surface area contributed by atoms with E-state index in [2.05, 4.69) is 0 Å². The topological polar surface area (TPSA) is 34.1 Å². The van der Waals surface area contributed by atoms with Crippen LogP contribution in [0, 0.1) is 17.8 Å². The molecule has 0 saturated heterocycles. The second kappa shape index (κ2) is 1.97. The van der Waals surface area contributed by atoms with Crippen LogP contribution in [0.1, 0.15) is 6.42 Å². The summed E-state index contributed by atoms with van der Waals surface area (Å²) in [5.41, 5.74) is -5.05. The maximum absolute atomic E-state index is 11.8. The third-order valence-corrected chi connectivity index (χ3v) is 4.14. The van der Waals surface area contributed by atoms with E-state index in [0.29, 0.717) is 11.8 Å². The first-order chi connectivity index (χ1) is 5.33. The molecule has 0 radical (unpaired) electrons. The Labute approximate surface area is 67.7 Å². The Balaban J connectivity index is 2.01. The molecular formula is C6H7F3O2S. The molecule has 2 aliphatic carbocycles. The van der Waals surface area contributed by atoms with Crippen LogP contribution in [0.5, 0.6) is 0 Å². The zero-order chi connectivity index (χ0) is 9.15. The molecule has 0 bridgehead atoms. The fraction of sp³-hybridized carbons (Fsp3) is 1.00. The van der Waals surface area contributed by atoms with Crippen molar-refractivity contribution in [2.45, 2.75) is 11.9 Å². The van der Waals surface area contributed by atoms with Gasteiger partial charge in [-0.25, -0.2) is 8.42 Å². The number of alkyl halides is 3. The fourth-order valence-corrected chi connectivity index (χ4v) is 2.70. The van der Waals surface area contributed by atoms with Crippen molar-refractivity contribution in [3.05, 3.63) is 0 Å². The lowest BCUT2D eigenvalue weighted by Gasteiger charge is -2.08. The van der Waals surface area contributed by atoms with E-state index in [0.717, 1.165) is 6.42 Å². The highest BCUT2D eigenvalue weighted by Gasteiger charge is 2.66. The number of rotatable bonds is 2. The number of halogens is 3. The van der Waals surface area contributed by atoms with E-state index in [9.17, 15) is 21.6 Å². The van der Waals surface area contributed by atoms with Gasteiger partial charge in [-0.2, -0.15) is 13.2 Å². The fourth-order valence-electron chi connectivity index (χ4n) is 1.51. The molecule has 0 aromatic carbocycles. The minimum atomic E-state index is -5.05. The number of fused-ring (bicyclic) bond motifs is 1. The van der Waals surface area contributed by atoms with Gasteiger partial charge in [0.05, 0.1) is 5.75 Å². The molecule has 12 heavy (non-hydrogen) atoms. The second-order valence-electron chi connectivity index (χ2n) is 3.45. The van der Waals surface area contributed by atoms with Gasteiger partial charge in [-0.1, -0.05) is 0 Å². The number of sulfone groups is 1. The highest BCUT2D eigenvalue weighted by atomic mass is 32.2. The van der Waals surface area contributed by atoms with Crippen LogP contribution in [0.4, 0.5) is 13.2 Å². The first kappa shape index (κ1) is 8.34. The summed E-state index contributed by atoms with van der Waals surface area (Å²) in [6.07, 6.45) is 0.929. The van der Waals surface area contributed by atoms with Crippen molar-refractivity contribution >= 4 is 9.84 Å². The molecule has 6 heteroatoms. The summed E-state index contributed by atoms with van der Waals surface area (Å²) >= 11 is 0. The Bertz CT molecular complexity index is 297. The zero-order valence-corrected chi connectivity index (χ0v) is 6.82. The molecule has 0 heterocycles. The Hall–Kier alpha value is -0.260. The molecule has 0 aromatic heterocycles. The summed E-state index contributed by atoms with van der Waals surface area (Å²) in [4.78, 5) is 0. The SMILES string of the molecule is O=S(=O)(CC1C2CC21)C(F)(F)F. The Morgan fingerprint density at radius 3 is 2.00 bits per heavy atom. The van der Waals surface area contributed by atoms with E-state index in [1.54, 1.807) is 0 Å². The number of hydrogen-bond acceptors (Lipinski definition) is 2. The predicted molar refractivity (Wildman–Crippen MR) is 34.9 cm³/mol. The van der Waals surface area contributed by atoms with Gasteiger partial charge in [-0.3, -0.25) is 0 Å². The number of hydrogen-bond donors (Lipinski definition) is 0. The van der Waals surface area contributed by atoms with Crippen LogP contribution >= 0.6 is 0 Å². The van der Waals surface area contributed by atoms with Gasteiger partial charge >= 0.3 is 5.51 Å². The van der Waals surface area contributed by atoms with Crippen LogP contribution in [-0.2, 0) is 9.84 Å². The van der Waals surface area contributed by atoms with Crippen LogP contribution in [0.3, 0.4) is 0 Å². The normalized spacial score (nSPS) is 39.1. The largest absolute Gasteiger partial charge is 0.497 e. The predicted octanol–water partition coefficient (Wildman–Crippen LogP) is 1.19. The van der Waals surface area contributed by atoms with Gasteiger partial charge in [0.1, 0.15) is 0 Å². The molecule has 0 amide bonds. The molecule has 2 aliphatic rings. The van der Waals surface area contributed by atoms with Crippen molar-refractivity contribution in [3.8, 4) is 0 Å². The monoisotopic (exact) mass is 200 g/mol. The quantitative estimate of drug-likeness (QED) is 0.670. The highest BCUT2D eigenvalue weighted by Crippen LogP contribution is 2.68. The molecule has 2 unspecified atom stereocenters. The molecule has 2 saturated carbocycles. The second-order valence-corrected chi connectivity index (χ2v) is 5.48. The molecule has 2 atom stereocenters. The summed E-state index contributed by atoms with van der Waals surface area (Å²) in [7, 11) is -4.84. The maximum atomic E-state index is 11.8. The van der Waals surface area contributed by atoms with Gasteiger partial charge < -0.3 is 0 Å². The average molecular weight is 200 g/mol. The van der Waals surface area contributed by atoms with E-state index in [4.69, 9.17) is 0 Å². The third-order valence-electron chi connectivity index (χ3n) is 2.61. The molecular weight excluding hydrogens is 193 g/mol. The van der Waals surface area contributed by atoms with Gasteiger partial charge in [0.15, 0.2) is 0 Å². The van der Waals surface area contributed by atoms with Crippen molar-refractivity contribution in [3.63, 3.8) is 0 Å². The molecule has 2 fully saturated rings. The summed E-state index contributed by atoms with van der Waals surface area (Å²) in [6, 6.07) is 0. The smallest absolute Gasteiger partial charge is 0.220 e. The molecule has 0 N–H and O–H groups in total. The summed E-state index contributed by atoms with van der Waals surface area (Å²) in [6.45, 7) is 0. The molecule has 70 valence electrons. The van der Waals surface area contributed by atoms with Crippen LogP contribution in [0.2, 0.25) is 0 Å². The van der Waals surface area contributed by atoms with Crippen LogP contribution in [-0.4, -0.2) is 19.7 Å². The molecule has 2 rings (SSSR count). The van der Waals surface area contributed by atoms with Gasteiger partial charge in [0, 0.05) is 0 Å². The van der Waals surface area contributed by atoms with Crippen molar-refractivity contribution in [1.29, 1.82) is 0 Å². The van der Waals surface area contributed by atoms with E-state index in [1.807, 2.05) is 0 Å². The van der Waals surface area contributed by atoms with Crippen LogP contribution in [0.15, 0.2) is 0 Å². The van der Waals surface area contributed by atoms with Gasteiger partial charge in [-0.15, -0.1) is 0 Å². The van der Waals surface area contributed by atoms with E-state index >= 15 is 0 Å². The van der Waals surface area contributed by atoms with Crippen molar-refractivity contribution in [1.82, 2.24) is 0 Å². The van der Waals surface area contributed by atoms with Gasteiger partial charge in [0.25, 0.3) is 0 Å². The van der Waals surface area contributed by atoms with E-state index < -0.39 is 21.1 Å². The maximum Gasteiger partial charge on any atom is 0.497 e. The van der Waals surface area contributed by atoms with Crippen molar-refractivity contribution in [2.24, 2.45) is 17.8 Å². The first-order valence-corrected chi connectivity index (χ1v) is 5.27. The molecule has 2 nitrogen and oxygen atoms in total. The standard InChI is InChI=1S/C6H7F3O2S/c7-6(8,9)12(10,11)2-5-3-1-4(3)5/h3-5H,1-2H2. The van der Waals surface area contributed by atoms with Gasteiger partial charge in [-0.05, 0) is 24.2 Å².